The first-order valence-electron chi connectivity index (χ1n) is 3.57. The smallest absolute Gasteiger partial charge is 0.339 e. The van der Waals surface area contributed by atoms with E-state index in [1.807, 2.05) is 0 Å². The minimum atomic E-state index is -1.05. The van der Waals surface area contributed by atoms with E-state index >= 15 is 0 Å². The van der Waals surface area contributed by atoms with Crippen molar-refractivity contribution in [2.24, 2.45) is 0 Å². The first-order valence-corrected chi connectivity index (χ1v) is 3.57. The summed E-state index contributed by atoms with van der Waals surface area (Å²) in [4.78, 5) is 10.7. The average molecular weight is 178 g/mol. The van der Waals surface area contributed by atoms with Crippen molar-refractivity contribution < 1.29 is 14.4 Å². The summed E-state index contributed by atoms with van der Waals surface area (Å²) >= 11 is 0. The maximum Gasteiger partial charge on any atom is 0.339 e. The zero-order chi connectivity index (χ0) is 9.42. The molecule has 0 aliphatic rings. The van der Waals surface area contributed by atoms with Gasteiger partial charge in [-0.15, -0.1) is 0 Å². The van der Waals surface area contributed by atoms with Crippen LogP contribution in [0, 0.1) is 0 Å². The zero-order valence-electron chi connectivity index (χ0n) is 6.52. The molecule has 1 aromatic heterocycles. The fourth-order valence-corrected chi connectivity index (χ4v) is 1.15. The van der Waals surface area contributed by atoms with E-state index in [1.54, 1.807) is 12.1 Å². The van der Waals surface area contributed by atoms with Gasteiger partial charge in [0.1, 0.15) is 5.56 Å². The lowest BCUT2D eigenvalue weighted by Crippen LogP contribution is -1.95. The number of carboxylic acids is 1. The molecule has 0 atom stereocenters. The van der Waals surface area contributed by atoms with E-state index in [-0.39, 0.29) is 17.0 Å². The second-order valence-corrected chi connectivity index (χ2v) is 2.56. The molecule has 5 nitrogen and oxygen atoms in total. The lowest BCUT2D eigenvalue weighted by molar-refractivity contribution is 0.0697. The van der Waals surface area contributed by atoms with E-state index in [2.05, 4.69) is 5.16 Å². The maximum absolute atomic E-state index is 10.7. The van der Waals surface area contributed by atoms with Crippen molar-refractivity contribution in [2.75, 3.05) is 5.73 Å². The monoisotopic (exact) mass is 178 g/mol. The molecule has 0 bridgehead atoms. The highest BCUT2D eigenvalue weighted by Gasteiger charge is 2.13. The van der Waals surface area contributed by atoms with Crippen molar-refractivity contribution in [1.82, 2.24) is 5.16 Å². The number of aromatic nitrogens is 1. The quantitative estimate of drug-likeness (QED) is 0.682. The van der Waals surface area contributed by atoms with Gasteiger partial charge in [0, 0.05) is 0 Å². The number of hydrogen-bond donors (Lipinski definition) is 2. The SMILES string of the molecule is Nc1noc2c(C(=O)O)cccc12. The van der Waals surface area contributed by atoms with Gasteiger partial charge in [-0.05, 0) is 12.1 Å². The first-order chi connectivity index (χ1) is 6.20. The molecule has 0 radical (unpaired) electrons. The Morgan fingerprint density at radius 1 is 1.54 bits per heavy atom. The zero-order valence-corrected chi connectivity index (χ0v) is 6.52. The van der Waals surface area contributed by atoms with Gasteiger partial charge in [-0.25, -0.2) is 4.79 Å². The van der Waals surface area contributed by atoms with Crippen molar-refractivity contribution in [3.8, 4) is 0 Å². The second kappa shape index (κ2) is 2.48. The van der Waals surface area contributed by atoms with Crippen molar-refractivity contribution in [3.05, 3.63) is 23.8 Å². The van der Waals surface area contributed by atoms with Crippen molar-refractivity contribution in [1.29, 1.82) is 0 Å². The molecule has 0 fully saturated rings. The molecule has 0 saturated heterocycles. The maximum atomic E-state index is 10.7. The summed E-state index contributed by atoms with van der Waals surface area (Å²) in [7, 11) is 0. The van der Waals surface area contributed by atoms with Crippen LogP contribution in [0.3, 0.4) is 0 Å². The molecule has 2 rings (SSSR count). The minimum Gasteiger partial charge on any atom is -0.478 e. The van der Waals surface area contributed by atoms with Crippen LogP contribution in [-0.2, 0) is 0 Å². The highest BCUT2D eigenvalue weighted by Crippen LogP contribution is 2.23. The van der Waals surface area contributed by atoms with E-state index in [0.29, 0.717) is 5.39 Å². The molecule has 0 amide bonds. The third-order valence-corrected chi connectivity index (χ3v) is 1.76. The Morgan fingerprint density at radius 2 is 2.31 bits per heavy atom. The second-order valence-electron chi connectivity index (χ2n) is 2.56. The largest absolute Gasteiger partial charge is 0.478 e. The number of nitrogen functional groups attached to an aromatic ring is 1. The number of anilines is 1. The number of rotatable bonds is 1. The molecular weight excluding hydrogens is 172 g/mol. The van der Waals surface area contributed by atoms with Crippen LogP contribution in [0.4, 0.5) is 5.82 Å². The fourth-order valence-electron chi connectivity index (χ4n) is 1.15. The number of para-hydroxylation sites is 1. The lowest BCUT2D eigenvalue weighted by Gasteiger charge is -1.92. The van der Waals surface area contributed by atoms with Crippen LogP contribution in [0.2, 0.25) is 0 Å². The van der Waals surface area contributed by atoms with Crippen molar-refractivity contribution >= 4 is 22.8 Å². The minimum absolute atomic E-state index is 0.0710. The average Bonchev–Trinajstić information content (AvgIpc) is 2.48. The van der Waals surface area contributed by atoms with Gasteiger partial charge in [0.2, 0.25) is 0 Å². The van der Waals surface area contributed by atoms with Gasteiger partial charge in [0.25, 0.3) is 0 Å². The number of carbonyl (C=O) groups is 1. The van der Waals surface area contributed by atoms with Gasteiger partial charge in [-0.3, -0.25) is 0 Å². The summed E-state index contributed by atoms with van der Waals surface area (Å²) in [5.74, 6) is -0.847. The molecule has 13 heavy (non-hydrogen) atoms. The van der Waals surface area contributed by atoms with E-state index in [9.17, 15) is 4.79 Å². The van der Waals surface area contributed by atoms with Crippen LogP contribution in [0.1, 0.15) is 10.4 Å². The molecule has 0 saturated carbocycles. The van der Waals surface area contributed by atoms with Gasteiger partial charge in [0.05, 0.1) is 5.39 Å². The van der Waals surface area contributed by atoms with Crippen LogP contribution >= 0.6 is 0 Å². The highest BCUT2D eigenvalue weighted by molar-refractivity contribution is 6.03. The molecule has 3 N–H and O–H groups in total. The number of nitrogens with two attached hydrogens (primary N) is 1. The van der Waals surface area contributed by atoms with Crippen LogP contribution in [-0.4, -0.2) is 16.2 Å². The molecule has 1 aromatic carbocycles. The summed E-state index contributed by atoms with van der Waals surface area (Å²) < 4.78 is 4.79. The van der Waals surface area contributed by atoms with Gasteiger partial charge in [-0.2, -0.15) is 0 Å². The molecule has 66 valence electrons. The Labute approximate surface area is 72.7 Å². The highest BCUT2D eigenvalue weighted by atomic mass is 16.5. The Kier molecular flexibility index (Phi) is 1.45. The predicted molar refractivity (Wildman–Crippen MR) is 45.4 cm³/mol. The molecule has 1 heterocycles. The Hall–Kier alpha value is -2.04. The third kappa shape index (κ3) is 1.01. The molecule has 5 heteroatoms. The van der Waals surface area contributed by atoms with Crippen LogP contribution < -0.4 is 5.73 Å². The summed E-state index contributed by atoms with van der Waals surface area (Å²) in [5.41, 5.74) is 5.73. The van der Waals surface area contributed by atoms with Crippen molar-refractivity contribution in [3.63, 3.8) is 0 Å². The fraction of sp³-hybridized carbons (Fsp3) is 0. The van der Waals surface area contributed by atoms with Crippen LogP contribution in [0.5, 0.6) is 0 Å². The number of nitrogens with zero attached hydrogens (tertiary/aromatic N) is 1. The van der Waals surface area contributed by atoms with E-state index in [1.165, 1.54) is 6.07 Å². The number of benzene rings is 1. The third-order valence-electron chi connectivity index (χ3n) is 1.76. The summed E-state index contributed by atoms with van der Waals surface area (Å²) in [6.45, 7) is 0. The lowest BCUT2D eigenvalue weighted by atomic mass is 10.1. The summed E-state index contributed by atoms with van der Waals surface area (Å²) in [6.07, 6.45) is 0. The predicted octanol–water partition coefficient (Wildman–Crippen LogP) is 1.11. The van der Waals surface area contributed by atoms with E-state index in [4.69, 9.17) is 15.4 Å². The summed E-state index contributed by atoms with van der Waals surface area (Å²) in [6, 6.07) is 4.70. The normalized spacial score (nSPS) is 10.5. The molecule has 0 aliphatic carbocycles. The number of aromatic carboxylic acids is 1. The molecule has 0 unspecified atom stereocenters. The van der Waals surface area contributed by atoms with Crippen LogP contribution in [0.25, 0.3) is 11.0 Å². The van der Waals surface area contributed by atoms with Crippen molar-refractivity contribution in [2.45, 2.75) is 0 Å². The van der Waals surface area contributed by atoms with Gasteiger partial charge in [0.15, 0.2) is 11.4 Å². The van der Waals surface area contributed by atoms with Crippen LogP contribution in [0.15, 0.2) is 22.7 Å². The number of carboxylic acid groups (broad SMARTS) is 1. The first kappa shape index (κ1) is 7.60. The molecule has 0 spiro atoms. The molecular formula is C8H6N2O3. The topological polar surface area (TPSA) is 89.4 Å². The van der Waals surface area contributed by atoms with E-state index < -0.39 is 5.97 Å². The Balaban J connectivity index is 2.84. The summed E-state index contributed by atoms with van der Waals surface area (Å²) in [5, 5.41) is 12.8. The van der Waals surface area contributed by atoms with Gasteiger partial charge in [-0.1, -0.05) is 11.2 Å². The number of hydrogen-bond acceptors (Lipinski definition) is 4. The molecule has 0 aliphatic heterocycles. The Bertz CT molecular complexity index is 475. The molecule has 2 aromatic rings. The van der Waals surface area contributed by atoms with E-state index in [0.717, 1.165) is 0 Å². The number of fused-ring (bicyclic) bond motifs is 1. The Morgan fingerprint density at radius 3 is 3.00 bits per heavy atom. The van der Waals surface area contributed by atoms with Gasteiger partial charge >= 0.3 is 5.97 Å². The standard InChI is InChI=1S/C8H6N2O3/c9-7-4-2-1-3-5(8(11)12)6(4)13-10-7/h1-3H,(H2,9,10)(H,11,12). The van der Waals surface area contributed by atoms with Gasteiger partial charge < -0.3 is 15.4 Å².